The Bertz CT molecular complexity index is 158. The fraction of sp³-hybridized carbons (Fsp3) is 0.889. The van der Waals surface area contributed by atoms with Crippen molar-refractivity contribution >= 4 is 0 Å². The highest BCUT2D eigenvalue weighted by molar-refractivity contribution is 5.02. The summed E-state index contributed by atoms with van der Waals surface area (Å²) in [5, 5.41) is 8.67. The van der Waals surface area contributed by atoms with Crippen molar-refractivity contribution in [3.05, 3.63) is 0 Å². The third-order valence-corrected chi connectivity index (χ3v) is 1.75. The van der Waals surface area contributed by atoms with Gasteiger partial charge in [-0.25, -0.2) is 0 Å². The lowest BCUT2D eigenvalue weighted by molar-refractivity contribution is 0.285. The van der Waals surface area contributed by atoms with Crippen molar-refractivity contribution in [2.75, 3.05) is 20.1 Å². The van der Waals surface area contributed by atoms with Gasteiger partial charge in [-0.15, -0.1) is 0 Å². The van der Waals surface area contributed by atoms with E-state index >= 15 is 0 Å². The SMILES string of the molecule is CCCCN(C)CC(C)(N)C#N. The second-order valence-electron chi connectivity index (χ2n) is 3.62. The lowest BCUT2D eigenvalue weighted by Crippen LogP contribution is -2.45. The van der Waals surface area contributed by atoms with Crippen LogP contribution in [-0.4, -0.2) is 30.6 Å². The zero-order valence-electron chi connectivity index (χ0n) is 8.30. The van der Waals surface area contributed by atoms with Gasteiger partial charge < -0.3 is 10.6 Å². The van der Waals surface area contributed by atoms with Crippen LogP contribution < -0.4 is 5.73 Å². The van der Waals surface area contributed by atoms with Crippen LogP contribution in [0.5, 0.6) is 0 Å². The minimum absolute atomic E-state index is 0.642. The summed E-state index contributed by atoms with van der Waals surface area (Å²) >= 11 is 0. The summed E-state index contributed by atoms with van der Waals surface area (Å²) in [7, 11) is 2.00. The van der Waals surface area contributed by atoms with Crippen molar-refractivity contribution in [3.8, 4) is 6.07 Å². The van der Waals surface area contributed by atoms with Gasteiger partial charge in [0.05, 0.1) is 6.07 Å². The van der Waals surface area contributed by atoms with Gasteiger partial charge in [0, 0.05) is 6.54 Å². The van der Waals surface area contributed by atoms with Gasteiger partial charge in [-0.1, -0.05) is 13.3 Å². The maximum atomic E-state index is 8.67. The van der Waals surface area contributed by atoms with E-state index in [-0.39, 0.29) is 0 Å². The summed E-state index contributed by atoms with van der Waals surface area (Å²) < 4.78 is 0. The monoisotopic (exact) mass is 169 g/mol. The Labute approximate surface area is 75.2 Å². The molecule has 0 amide bonds. The lowest BCUT2D eigenvalue weighted by Gasteiger charge is -2.23. The van der Waals surface area contributed by atoms with Gasteiger partial charge in [0.25, 0.3) is 0 Å². The second kappa shape index (κ2) is 5.13. The highest BCUT2D eigenvalue weighted by Gasteiger charge is 2.18. The minimum Gasteiger partial charge on any atom is -0.313 e. The number of nitriles is 1. The van der Waals surface area contributed by atoms with Gasteiger partial charge in [-0.3, -0.25) is 0 Å². The minimum atomic E-state index is -0.706. The second-order valence-corrected chi connectivity index (χ2v) is 3.62. The molecule has 0 radical (unpaired) electrons. The number of hydrogen-bond acceptors (Lipinski definition) is 3. The van der Waals surface area contributed by atoms with Gasteiger partial charge in [-0.05, 0) is 26.9 Å². The number of likely N-dealkylation sites (N-methyl/N-ethyl adjacent to an activating group) is 1. The Kier molecular flexibility index (Phi) is 4.87. The van der Waals surface area contributed by atoms with E-state index < -0.39 is 5.54 Å². The fourth-order valence-electron chi connectivity index (χ4n) is 1.10. The smallest absolute Gasteiger partial charge is 0.114 e. The van der Waals surface area contributed by atoms with Crippen LogP contribution in [0.3, 0.4) is 0 Å². The first-order valence-electron chi connectivity index (χ1n) is 4.40. The average Bonchev–Trinajstić information content (AvgIpc) is 2.00. The van der Waals surface area contributed by atoms with Gasteiger partial charge in [0.15, 0.2) is 0 Å². The maximum Gasteiger partial charge on any atom is 0.114 e. The van der Waals surface area contributed by atoms with E-state index in [0.29, 0.717) is 6.54 Å². The molecular weight excluding hydrogens is 150 g/mol. The predicted octanol–water partition coefficient (Wildman–Crippen LogP) is 0.959. The molecule has 12 heavy (non-hydrogen) atoms. The van der Waals surface area contributed by atoms with Crippen LogP contribution in [0.25, 0.3) is 0 Å². The first kappa shape index (κ1) is 11.4. The molecule has 0 aliphatic heterocycles. The summed E-state index contributed by atoms with van der Waals surface area (Å²) in [5.74, 6) is 0. The van der Waals surface area contributed by atoms with Crippen molar-refractivity contribution in [2.24, 2.45) is 5.73 Å². The van der Waals surface area contributed by atoms with Gasteiger partial charge >= 0.3 is 0 Å². The van der Waals surface area contributed by atoms with Crippen LogP contribution >= 0.6 is 0 Å². The molecule has 1 unspecified atom stereocenters. The van der Waals surface area contributed by atoms with Crippen molar-refractivity contribution < 1.29 is 0 Å². The number of nitrogens with two attached hydrogens (primary N) is 1. The van der Waals surface area contributed by atoms with E-state index in [9.17, 15) is 0 Å². The molecule has 0 heterocycles. The van der Waals surface area contributed by atoms with Crippen LogP contribution in [0.2, 0.25) is 0 Å². The summed E-state index contributed by atoms with van der Waals surface area (Å²) in [6.45, 7) is 5.57. The van der Waals surface area contributed by atoms with Crippen LogP contribution in [0, 0.1) is 11.3 Å². The Morgan fingerprint density at radius 2 is 2.17 bits per heavy atom. The molecule has 0 spiro atoms. The topological polar surface area (TPSA) is 53.0 Å². The average molecular weight is 169 g/mol. The Morgan fingerprint density at radius 3 is 2.58 bits per heavy atom. The number of hydrogen-bond donors (Lipinski definition) is 1. The van der Waals surface area contributed by atoms with E-state index in [1.54, 1.807) is 6.92 Å². The molecular formula is C9H19N3. The molecule has 0 bridgehead atoms. The molecule has 0 fully saturated rings. The molecule has 0 aromatic carbocycles. The number of nitrogens with zero attached hydrogens (tertiary/aromatic N) is 2. The van der Waals surface area contributed by atoms with E-state index in [1.165, 1.54) is 6.42 Å². The molecule has 0 saturated carbocycles. The molecule has 0 aliphatic rings. The molecule has 3 heteroatoms. The van der Waals surface area contributed by atoms with Gasteiger partial charge in [0.2, 0.25) is 0 Å². The highest BCUT2D eigenvalue weighted by Crippen LogP contribution is 2.00. The summed E-state index contributed by atoms with van der Waals surface area (Å²) in [4.78, 5) is 2.10. The highest BCUT2D eigenvalue weighted by atomic mass is 15.1. The van der Waals surface area contributed by atoms with E-state index in [1.807, 2.05) is 7.05 Å². The Balaban J connectivity index is 3.69. The van der Waals surface area contributed by atoms with Crippen molar-refractivity contribution in [1.82, 2.24) is 4.90 Å². The van der Waals surface area contributed by atoms with Crippen molar-refractivity contribution in [3.63, 3.8) is 0 Å². The molecule has 0 saturated heterocycles. The van der Waals surface area contributed by atoms with Crippen LogP contribution in [0.1, 0.15) is 26.7 Å². The Hall–Kier alpha value is -0.590. The summed E-state index contributed by atoms with van der Waals surface area (Å²) in [5.41, 5.74) is 4.98. The molecule has 0 aromatic heterocycles. The summed E-state index contributed by atoms with van der Waals surface area (Å²) in [6, 6.07) is 2.08. The Morgan fingerprint density at radius 1 is 1.58 bits per heavy atom. The first-order valence-corrected chi connectivity index (χ1v) is 4.40. The zero-order chi connectivity index (χ0) is 9.61. The lowest BCUT2D eigenvalue weighted by atomic mass is 10.1. The zero-order valence-corrected chi connectivity index (χ0v) is 8.30. The molecule has 0 aromatic rings. The van der Waals surface area contributed by atoms with Crippen molar-refractivity contribution in [1.29, 1.82) is 5.26 Å². The molecule has 2 N–H and O–H groups in total. The van der Waals surface area contributed by atoms with E-state index in [0.717, 1.165) is 13.0 Å². The van der Waals surface area contributed by atoms with Crippen LogP contribution in [0.4, 0.5) is 0 Å². The predicted molar refractivity (Wildman–Crippen MR) is 50.6 cm³/mol. The van der Waals surface area contributed by atoms with Gasteiger partial charge in [0.1, 0.15) is 5.54 Å². The summed E-state index contributed by atoms with van der Waals surface area (Å²) in [6.07, 6.45) is 2.34. The van der Waals surface area contributed by atoms with Crippen molar-refractivity contribution in [2.45, 2.75) is 32.2 Å². The maximum absolute atomic E-state index is 8.67. The normalized spacial score (nSPS) is 15.7. The number of unbranched alkanes of at least 4 members (excludes halogenated alkanes) is 1. The standard InChI is InChI=1S/C9H19N3/c1-4-5-6-12(3)8-9(2,11)7-10/h4-6,8,11H2,1-3H3. The number of rotatable bonds is 5. The van der Waals surface area contributed by atoms with Crippen LogP contribution in [-0.2, 0) is 0 Å². The molecule has 1 atom stereocenters. The molecule has 3 nitrogen and oxygen atoms in total. The van der Waals surface area contributed by atoms with E-state index in [4.69, 9.17) is 11.0 Å². The van der Waals surface area contributed by atoms with Crippen LogP contribution in [0.15, 0.2) is 0 Å². The third kappa shape index (κ3) is 5.11. The third-order valence-electron chi connectivity index (χ3n) is 1.75. The molecule has 0 aliphatic carbocycles. The fourth-order valence-corrected chi connectivity index (χ4v) is 1.10. The molecule has 70 valence electrons. The quantitative estimate of drug-likeness (QED) is 0.667. The largest absolute Gasteiger partial charge is 0.313 e. The first-order chi connectivity index (χ1) is 5.52. The molecule has 0 rings (SSSR count). The van der Waals surface area contributed by atoms with Gasteiger partial charge in [-0.2, -0.15) is 5.26 Å². The van der Waals surface area contributed by atoms with E-state index in [2.05, 4.69) is 17.9 Å².